The molecule has 0 fully saturated rings. The number of rotatable bonds is 8. The van der Waals surface area contributed by atoms with Gasteiger partial charge < -0.3 is 14.8 Å². The fourth-order valence-electron chi connectivity index (χ4n) is 2.60. The van der Waals surface area contributed by atoms with Gasteiger partial charge in [-0.2, -0.15) is 0 Å². The van der Waals surface area contributed by atoms with E-state index in [9.17, 15) is 4.39 Å². The molecule has 1 N–H and O–H groups in total. The Kier molecular flexibility index (Phi) is 6.63. The largest absolute Gasteiger partial charge is 0.493 e. The molecule has 0 amide bonds. The highest BCUT2D eigenvalue weighted by Gasteiger charge is 2.12. The van der Waals surface area contributed by atoms with Gasteiger partial charge >= 0.3 is 0 Å². The number of nitrogens with zero attached hydrogens (tertiary/aromatic N) is 1. The lowest BCUT2D eigenvalue weighted by atomic mass is 10.2. The Morgan fingerprint density at radius 2 is 1.67 bits per heavy atom. The van der Waals surface area contributed by atoms with Gasteiger partial charge in [0.05, 0.1) is 12.1 Å². The average molecular weight is 387 g/mol. The quantitative estimate of drug-likeness (QED) is 0.606. The number of ether oxygens (including phenoxy) is 2. The molecule has 4 nitrogen and oxygen atoms in total. The summed E-state index contributed by atoms with van der Waals surface area (Å²) in [5, 5.41) is 3.83. The van der Waals surface area contributed by atoms with Crippen LogP contribution in [-0.4, -0.2) is 12.1 Å². The summed E-state index contributed by atoms with van der Waals surface area (Å²) in [6.45, 7) is 1.64. The first-order valence-corrected chi connectivity index (χ1v) is 8.87. The van der Waals surface area contributed by atoms with E-state index >= 15 is 0 Å². The predicted molar refractivity (Wildman–Crippen MR) is 104 cm³/mol. The zero-order valence-electron chi connectivity index (χ0n) is 14.9. The highest BCUT2D eigenvalue weighted by Crippen LogP contribution is 2.37. The smallest absolute Gasteiger partial charge is 0.180 e. The van der Waals surface area contributed by atoms with Gasteiger partial charge in [-0.3, -0.25) is 4.98 Å². The van der Waals surface area contributed by atoms with Crippen LogP contribution in [0.3, 0.4) is 0 Å². The van der Waals surface area contributed by atoms with Crippen LogP contribution >= 0.6 is 11.6 Å². The van der Waals surface area contributed by atoms with Gasteiger partial charge in [-0.25, -0.2) is 4.39 Å². The predicted octanol–water partition coefficient (Wildman–Crippen LogP) is 4.75. The van der Waals surface area contributed by atoms with E-state index in [1.165, 1.54) is 12.1 Å². The second-order valence-electron chi connectivity index (χ2n) is 5.98. The molecule has 0 unspecified atom stereocenters. The topological polar surface area (TPSA) is 43.4 Å². The van der Waals surface area contributed by atoms with Crippen LogP contribution in [-0.2, 0) is 19.7 Å². The lowest BCUT2D eigenvalue weighted by molar-refractivity contribution is 0.284. The summed E-state index contributed by atoms with van der Waals surface area (Å²) >= 11 is 6.40. The van der Waals surface area contributed by atoms with Crippen molar-refractivity contribution >= 4 is 11.6 Å². The highest BCUT2D eigenvalue weighted by atomic mass is 35.5. The van der Waals surface area contributed by atoms with Crippen molar-refractivity contribution in [2.45, 2.75) is 19.7 Å². The van der Waals surface area contributed by atoms with Gasteiger partial charge in [-0.05, 0) is 53.1 Å². The minimum Gasteiger partial charge on any atom is -0.493 e. The maximum atomic E-state index is 13.0. The molecule has 1 aromatic heterocycles. The summed E-state index contributed by atoms with van der Waals surface area (Å²) in [6, 6.07) is 13.8. The summed E-state index contributed by atoms with van der Waals surface area (Å²) in [5.74, 6) is 0.754. The van der Waals surface area contributed by atoms with Gasteiger partial charge in [0.2, 0.25) is 0 Å². The molecule has 2 aromatic carbocycles. The Balaban J connectivity index is 1.64. The van der Waals surface area contributed by atoms with E-state index in [1.54, 1.807) is 31.6 Å². The fourth-order valence-corrected chi connectivity index (χ4v) is 2.89. The van der Waals surface area contributed by atoms with Crippen LogP contribution in [0.4, 0.5) is 4.39 Å². The Bertz CT molecular complexity index is 873. The first-order valence-electron chi connectivity index (χ1n) is 8.49. The van der Waals surface area contributed by atoms with Crippen LogP contribution in [0.2, 0.25) is 5.02 Å². The Morgan fingerprint density at radius 3 is 2.37 bits per heavy atom. The van der Waals surface area contributed by atoms with Crippen molar-refractivity contribution in [2.24, 2.45) is 0 Å². The highest BCUT2D eigenvalue weighted by molar-refractivity contribution is 6.32. The minimum absolute atomic E-state index is 0.274. The van der Waals surface area contributed by atoms with E-state index in [4.69, 9.17) is 21.1 Å². The Hall–Kier alpha value is -2.63. The van der Waals surface area contributed by atoms with Gasteiger partial charge in [0.15, 0.2) is 11.5 Å². The molecule has 0 atom stereocenters. The molecule has 3 aromatic rings. The molecule has 0 saturated carbocycles. The zero-order chi connectivity index (χ0) is 19.1. The van der Waals surface area contributed by atoms with Crippen molar-refractivity contribution in [2.75, 3.05) is 7.11 Å². The second kappa shape index (κ2) is 9.35. The molecule has 0 radical (unpaired) electrons. The molecule has 0 aliphatic rings. The van der Waals surface area contributed by atoms with Crippen LogP contribution in [0.15, 0.2) is 60.9 Å². The Labute approximate surface area is 162 Å². The number of hydrogen-bond donors (Lipinski definition) is 1. The van der Waals surface area contributed by atoms with Crippen molar-refractivity contribution in [1.29, 1.82) is 0 Å². The van der Waals surface area contributed by atoms with E-state index in [2.05, 4.69) is 10.3 Å². The first-order chi connectivity index (χ1) is 13.2. The van der Waals surface area contributed by atoms with Crippen LogP contribution in [0.1, 0.15) is 16.7 Å². The normalized spacial score (nSPS) is 10.6. The lowest BCUT2D eigenvalue weighted by Crippen LogP contribution is -2.13. The van der Waals surface area contributed by atoms with Crippen molar-refractivity contribution in [1.82, 2.24) is 10.3 Å². The molecule has 140 valence electrons. The van der Waals surface area contributed by atoms with E-state index < -0.39 is 0 Å². The lowest BCUT2D eigenvalue weighted by Gasteiger charge is -2.15. The van der Waals surface area contributed by atoms with E-state index in [1.807, 2.05) is 24.3 Å². The molecule has 0 bridgehead atoms. The number of halogens is 2. The van der Waals surface area contributed by atoms with Gasteiger partial charge in [0, 0.05) is 25.5 Å². The summed E-state index contributed by atoms with van der Waals surface area (Å²) < 4.78 is 24.2. The Morgan fingerprint density at radius 1 is 0.963 bits per heavy atom. The van der Waals surface area contributed by atoms with Crippen LogP contribution in [0.25, 0.3) is 0 Å². The molecule has 3 rings (SSSR count). The molecule has 6 heteroatoms. The third kappa shape index (κ3) is 5.42. The molecular formula is C21H20ClFN2O2. The number of hydrogen-bond acceptors (Lipinski definition) is 4. The summed E-state index contributed by atoms with van der Waals surface area (Å²) in [5.41, 5.74) is 2.99. The molecule has 0 aliphatic carbocycles. The monoisotopic (exact) mass is 386 g/mol. The van der Waals surface area contributed by atoms with Crippen molar-refractivity contribution < 1.29 is 13.9 Å². The third-order valence-corrected chi connectivity index (χ3v) is 4.27. The van der Waals surface area contributed by atoms with Gasteiger partial charge in [0.1, 0.15) is 12.4 Å². The third-order valence-electron chi connectivity index (χ3n) is 3.99. The van der Waals surface area contributed by atoms with Crippen LogP contribution in [0, 0.1) is 5.82 Å². The maximum Gasteiger partial charge on any atom is 0.180 e. The summed E-state index contributed by atoms with van der Waals surface area (Å²) in [4.78, 5) is 4.00. The molecule has 27 heavy (non-hydrogen) atoms. The number of nitrogens with one attached hydrogen (secondary N) is 1. The number of pyridine rings is 1. The summed E-state index contributed by atoms with van der Waals surface area (Å²) in [6.07, 6.45) is 3.54. The zero-order valence-corrected chi connectivity index (χ0v) is 15.7. The standard InChI is InChI=1S/C21H20ClFN2O2/c1-26-20-11-17(13-25-12-15-6-8-24-9-7-15)10-19(22)21(20)27-14-16-2-4-18(23)5-3-16/h2-11,25H,12-14H2,1H3. The SMILES string of the molecule is COc1cc(CNCc2ccncc2)cc(Cl)c1OCc1ccc(F)cc1. The van der Waals surface area contributed by atoms with Crippen molar-refractivity contribution in [3.05, 3.63) is 88.5 Å². The number of methoxy groups -OCH3 is 1. The molecular weight excluding hydrogens is 367 g/mol. The minimum atomic E-state index is -0.280. The number of aromatic nitrogens is 1. The second-order valence-corrected chi connectivity index (χ2v) is 6.39. The fraction of sp³-hybridized carbons (Fsp3) is 0.190. The van der Waals surface area contributed by atoms with Crippen LogP contribution < -0.4 is 14.8 Å². The van der Waals surface area contributed by atoms with E-state index in [-0.39, 0.29) is 12.4 Å². The molecule has 0 spiro atoms. The van der Waals surface area contributed by atoms with Crippen LogP contribution in [0.5, 0.6) is 11.5 Å². The van der Waals surface area contributed by atoms with Gasteiger partial charge in [-0.15, -0.1) is 0 Å². The van der Waals surface area contributed by atoms with Crippen molar-refractivity contribution in [3.8, 4) is 11.5 Å². The average Bonchev–Trinajstić information content (AvgIpc) is 2.69. The molecule has 0 aliphatic heterocycles. The first kappa shape index (κ1) is 19.1. The summed E-state index contributed by atoms with van der Waals surface area (Å²) in [7, 11) is 1.57. The molecule has 1 heterocycles. The molecule has 0 saturated heterocycles. The van der Waals surface area contributed by atoms with Gasteiger partial charge in [-0.1, -0.05) is 23.7 Å². The number of benzene rings is 2. The maximum absolute atomic E-state index is 13.0. The van der Waals surface area contributed by atoms with E-state index in [0.29, 0.717) is 23.1 Å². The van der Waals surface area contributed by atoms with E-state index in [0.717, 1.165) is 23.2 Å². The van der Waals surface area contributed by atoms with Crippen molar-refractivity contribution in [3.63, 3.8) is 0 Å². The van der Waals surface area contributed by atoms with Gasteiger partial charge in [0.25, 0.3) is 0 Å².